The zero-order valence-corrected chi connectivity index (χ0v) is 16.2. The van der Waals surface area contributed by atoms with Gasteiger partial charge in [-0.05, 0) is 29.0 Å². The molecule has 30 heavy (non-hydrogen) atoms. The van der Waals surface area contributed by atoms with Crippen LogP contribution in [0.25, 0.3) is 10.8 Å². The molecule has 150 valence electrons. The van der Waals surface area contributed by atoms with Crippen LogP contribution in [0.1, 0.15) is 16.1 Å². The molecule has 2 aromatic carbocycles. The molecular weight excluding hydrogens is 382 g/mol. The fraction of sp³-hybridized carbons (Fsp3) is 0.174. The molecule has 0 N–H and O–H groups in total. The summed E-state index contributed by atoms with van der Waals surface area (Å²) in [6, 6.07) is 17.1. The Morgan fingerprint density at radius 1 is 0.967 bits per heavy atom. The maximum atomic E-state index is 12.4. The van der Waals surface area contributed by atoms with Gasteiger partial charge < -0.3 is 19.0 Å². The Hall–Kier alpha value is -3.87. The Kier molecular flexibility index (Phi) is 4.55. The van der Waals surface area contributed by atoms with Gasteiger partial charge in [-0.3, -0.25) is 4.79 Å². The van der Waals surface area contributed by atoms with E-state index in [2.05, 4.69) is 4.99 Å². The molecule has 0 atom stereocenters. The maximum Gasteiger partial charge on any atom is 0.365 e. The molecule has 3 aromatic rings. The molecule has 0 radical (unpaired) electrons. The van der Waals surface area contributed by atoms with E-state index in [0.717, 1.165) is 16.3 Å². The number of furan rings is 1. The number of rotatable bonds is 3. The summed E-state index contributed by atoms with van der Waals surface area (Å²) in [5.41, 5.74) is 1.06. The Balaban J connectivity index is 1.32. The van der Waals surface area contributed by atoms with Crippen LogP contribution in [0.2, 0.25) is 0 Å². The van der Waals surface area contributed by atoms with Crippen LogP contribution in [0.5, 0.6) is 0 Å². The normalized spacial score (nSPS) is 18.1. The lowest BCUT2D eigenvalue weighted by molar-refractivity contribution is -0.130. The third-order valence-corrected chi connectivity index (χ3v) is 5.28. The highest BCUT2D eigenvalue weighted by Crippen LogP contribution is 2.24. The van der Waals surface area contributed by atoms with Crippen LogP contribution in [-0.2, 0) is 9.53 Å². The van der Waals surface area contributed by atoms with Crippen molar-refractivity contribution in [3.05, 3.63) is 84.1 Å². The number of piperazine rings is 1. The number of esters is 1. The summed E-state index contributed by atoms with van der Waals surface area (Å²) in [5, 5.41) is 2.04. The molecule has 0 bridgehead atoms. The minimum atomic E-state index is -0.466. The summed E-state index contributed by atoms with van der Waals surface area (Å²) in [4.78, 5) is 32.9. The van der Waals surface area contributed by atoms with Crippen LogP contribution in [0.4, 0.5) is 0 Å². The molecule has 1 amide bonds. The van der Waals surface area contributed by atoms with E-state index in [-0.39, 0.29) is 11.6 Å². The van der Waals surface area contributed by atoms with Gasteiger partial charge in [0.2, 0.25) is 5.90 Å². The van der Waals surface area contributed by atoms with Gasteiger partial charge in [-0.1, -0.05) is 36.4 Å². The standard InChI is InChI=1S/C23H19N3O4/c27-22(20-9-4-14-29-20)26-12-10-25(11-13-26)15-19-23(28)30-21(24-19)18-8-3-6-16-5-1-2-7-17(16)18/h1-9,14-15H,10-13H2. The topological polar surface area (TPSA) is 75.3 Å². The quantitative estimate of drug-likeness (QED) is 0.498. The number of amides is 1. The average molecular weight is 401 g/mol. The van der Waals surface area contributed by atoms with Gasteiger partial charge >= 0.3 is 5.97 Å². The number of nitrogens with zero attached hydrogens (tertiary/aromatic N) is 3. The Bertz CT molecular complexity index is 1170. The fourth-order valence-electron chi connectivity index (χ4n) is 3.71. The highest BCUT2D eigenvalue weighted by atomic mass is 16.6. The summed E-state index contributed by atoms with van der Waals surface area (Å²) in [6.45, 7) is 2.28. The SMILES string of the molecule is O=C1OC(c2cccc3ccccc23)=NC1=CN1CCN(C(=O)c2ccco2)CC1. The van der Waals surface area contributed by atoms with Gasteiger partial charge in [-0.15, -0.1) is 0 Å². The number of fused-ring (bicyclic) bond motifs is 1. The number of aliphatic imine (C=N–C) groups is 1. The predicted molar refractivity (Wildman–Crippen MR) is 111 cm³/mol. The smallest absolute Gasteiger partial charge is 0.365 e. The van der Waals surface area contributed by atoms with Crippen molar-refractivity contribution in [2.75, 3.05) is 26.2 Å². The van der Waals surface area contributed by atoms with Crippen LogP contribution >= 0.6 is 0 Å². The van der Waals surface area contributed by atoms with Crippen molar-refractivity contribution in [3.63, 3.8) is 0 Å². The van der Waals surface area contributed by atoms with Gasteiger partial charge in [0.1, 0.15) is 0 Å². The largest absolute Gasteiger partial charge is 0.459 e. The minimum Gasteiger partial charge on any atom is -0.459 e. The first-order valence-corrected chi connectivity index (χ1v) is 9.77. The lowest BCUT2D eigenvalue weighted by Gasteiger charge is -2.33. The van der Waals surface area contributed by atoms with Crippen molar-refractivity contribution in [2.45, 2.75) is 0 Å². The van der Waals surface area contributed by atoms with Crippen LogP contribution < -0.4 is 0 Å². The van der Waals surface area contributed by atoms with Crippen molar-refractivity contribution < 1.29 is 18.7 Å². The molecule has 1 aromatic heterocycles. The van der Waals surface area contributed by atoms with E-state index in [1.807, 2.05) is 47.4 Å². The van der Waals surface area contributed by atoms with E-state index >= 15 is 0 Å². The van der Waals surface area contributed by atoms with Crippen molar-refractivity contribution in [3.8, 4) is 0 Å². The summed E-state index contributed by atoms with van der Waals surface area (Å²) in [5.74, 6) is 0.0658. The first kappa shape index (κ1) is 18.2. The number of carbonyl (C=O) groups excluding carboxylic acids is 2. The third-order valence-electron chi connectivity index (χ3n) is 5.28. The number of carbonyl (C=O) groups is 2. The molecule has 0 saturated carbocycles. The second-order valence-electron chi connectivity index (χ2n) is 7.15. The van der Waals surface area contributed by atoms with E-state index in [1.165, 1.54) is 6.26 Å². The van der Waals surface area contributed by atoms with E-state index < -0.39 is 5.97 Å². The van der Waals surface area contributed by atoms with Crippen LogP contribution in [0.3, 0.4) is 0 Å². The fourth-order valence-corrected chi connectivity index (χ4v) is 3.71. The second-order valence-corrected chi connectivity index (χ2v) is 7.15. The first-order chi connectivity index (χ1) is 14.7. The van der Waals surface area contributed by atoms with Gasteiger partial charge in [-0.25, -0.2) is 9.79 Å². The predicted octanol–water partition coefficient (Wildman–Crippen LogP) is 3.04. The molecular formula is C23H19N3O4. The first-order valence-electron chi connectivity index (χ1n) is 9.77. The molecule has 7 heteroatoms. The molecule has 5 rings (SSSR count). The molecule has 1 fully saturated rings. The molecule has 2 aliphatic heterocycles. The van der Waals surface area contributed by atoms with Gasteiger partial charge in [0.25, 0.3) is 5.91 Å². The van der Waals surface area contributed by atoms with E-state index in [0.29, 0.717) is 37.8 Å². The maximum absolute atomic E-state index is 12.4. The van der Waals surface area contributed by atoms with E-state index in [4.69, 9.17) is 9.15 Å². The summed E-state index contributed by atoms with van der Waals surface area (Å²) >= 11 is 0. The van der Waals surface area contributed by atoms with Crippen molar-refractivity contribution in [2.24, 2.45) is 4.99 Å². The average Bonchev–Trinajstić information content (AvgIpc) is 3.44. The van der Waals surface area contributed by atoms with Gasteiger partial charge in [0.15, 0.2) is 11.5 Å². The summed E-state index contributed by atoms with van der Waals surface area (Å²) in [7, 11) is 0. The Morgan fingerprint density at radius 2 is 1.77 bits per heavy atom. The number of hydrogen-bond acceptors (Lipinski definition) is 6. The van der Waals surface area contributed by atoms with Crippen molar-refractivity contribution >= 4 is 28.5 Å². The third kappa shape index (κ3) is 3.34. The van der Waals surface area contributed by atoms with Crippen molar-refractivity contribution in [1.29, 1.82) is 0 Å². The molecule has 0 spiro atoms. The molecule has 1 saturated heterocycles. The van der Waals surface area contributed by atoms with E-state index in [9.17, 15) is 9.59 Å². The zero-order valence-electron chi connectivity index (χ0n) is 16.2. The molecule has 0 aliphatic carbocycles. The van der Waals surface area contributed by atoms with Crippen LogP contribution in [-0.4, -0.2) is 53.8 Å². The highest BCUT2D eigenvalue weighted by molar-refractivity contribution is 6.16. The Morgan fingerprint density at radius 3 is 2.57 bits per heavy atom. The van der Waals surface area contributed by atoms with Gasteiger partial charge in [0.05, 0.1) is 6.26 Å². The zero-order chi connectivity index (χ0) is 20.5. The van der Waals surface area contributed by atoms with Gasteiger partial charge in [-0.2, -0.15) is 0 Å². The van der Waals surface area contributed by atoms with Gasteiger partial charge in [0, 0.05) is 37.9 Å². The molecule has 3 heterocycles. The number of benzene rings is 2. The molecule has 7 nitrogen and oxygen atoms in total. The number of cyclic esters (lactones) is 1. The van der Waals surface area contributed by atoms with Crippen LogP contribution in [0, 0.1) is 0 Å². The van der Waals surface area contributed by atoms with Crippen LogP contribution in [0.15, 0.2) is 82.2 Å². The Labute approximate surface area is 172 Å². The summed E-state index contributed by atoms with van der Waals surface area (Å²) < 4.78 is 10.6. The van der Waals surface area contributed by atoms with E-state index in [1.54, 1.807) is 23.2 Å². The molecule has 0 unspecified atom stereocenters. The molecule has 2 aliphatic rings. The van der Waals surface area contributed by atoms with Crippen molar-refractivity contribution in [1.82, 2.24) is 9.80 Å². The highest BCUT2D eigenvalue weighted by Gasteiger charge is 2.28. The minimum absolute atomic E-state index is 0.121. The lowest BCUT2D eigenvalue weighted by Crippen LogP contribution is -2.46. The lowest BCUT2D eigenvalue weighted by atomic mass is 10.0. The second kappa shape index (κ2) is 7.51. The number of ether oxygens (including phenoxy) is 1. The number of hydrogen-bond donors (Lipinski definition) is 0. The summed E-state index contributed by atoms with van der Waals surface area (Å²) in [6.07, 6.45) is 3.21. The monoisotopic (exact) mass is 401 g/mol.